The van der Waals surface area contributed by atoms with E-state index in [1.165, 1.54) is 32.1 Å². The van der Waals surface area contributed by atoms with Crippen molar-refractivity contribution >= 4 is 5.91 Å². The largest absolute Gasteiger partial charge is 0.353 e. The number of nitrogens with two attached hydrogens (primary N) is 1. The maximum Gasteiger partial charge on any atom is 0.222 e. The summed E-state index contributed by atoms with van der Waals surface area (Å²) in [5, 5.41) is 3.22. The van der Waals surface area contributed by atoms with Crippen LogP contribution < -0.4 is 11.1 Å². The van der Waals surface area contributed by atoms with Gasteiger partial charge in [0.05, 0.1) is 0 Å². The van der Waals surface area contributed by atoms with Crippen molar-refractivity contribution in [2.24, 2.45) is 11.1 Å². The van der Waals surface area contributed by atoms with Gasteiger partial charge in [-0.25, -0.2) is 0 Å². The standard InChI is InChI=1S/C15H28N2O/c1-14(2)8-6-7-12(14)17-13(18)11-15(16)9-4-3-5-10-15/h12H,3-11,16H2,1-2H3,(H,17,18). The van der Waals surface area contributed by atoms with Gasteiger partial charge < -0.3 is 11.1 Å². The Morgan fingerprint density at radius 2 is 1.83 bits per heavy atom. The topological polar surface area (TPSA) is 55.1 Å². The molecule has 3 heteroatoms. The van der Waals surface area contributed by atoms with Crippen LogP contribution in [0.15, 0.2) is 0 Å². The molecule has 0 radical (unpaired) electrons. The predicted octanol–water partition coefficient (Wildman–Crippen LogP) is 2.73. The van der Waals surface area contributed by atoms with E-state index in [9.17, 15) is 4.79 Å². The van der Waals surface area contributed by atoms with Gasteiger partial charge in [-0.3, -0.25) is 4.79 Å². The number of amides is 1. The highest BCUT2D eigenvalue weighted by molar-refractivity contribution is 5.77. The molecule has 18 heavy (non-hydrogen) atoms. The van der Waals surface area contributed by atoms with Crippen LogP contribution in [0, 0.1) is 5.41 Å². The minimum Gasteiger partial charge on any atom is -0.353 e. The SMILES string of the molecule is CC1(C)CCCC1NC(=O)CC1(N)CCCCC1. The van der Waals surface area contributed by atoms with E-state index in [0.29, 0.717) is 12.5 Å². The first-order chi connectivity index (χ1) is 8.41. The molecule has 1 amide bonds. The van der Waals surface area contributed by atoms with E-state index in [4.69, 9.17) is 5.73 Å². The maximum absolute atomic E-state index is 12.2. The first-order valence-corrected chi connectivity index (χ1v) is 7.50. The molecule has 0 aromatic heterocycles. The van der Waals surface area contributed by atoms with E-state index in [1.807, 2.05) is 0 Å². The molecule has 2 aliphatic carbocycles. The van der Waals surface area contributed by atoms with Crippen LogP contribution in [0.25, 0.3) is 0 Å². The molecular weight excluding hydrogens is 224 g/mol. The molecule has 3 nitrogen and oxygen atoms in total. The Morgan fingerprint density at radius 1 is 1.17 bits per heavy atom. The fourth-order valence-corrected chi connectivity index (χ4v) is 3.59. The highest BCUT2D eigenvalue weighted by Gasteiger charge is 2.37. The van der Waals surface area contributed by atoms with Crippen LogP contribution in [0.3, 0.4) is 0 Å². The summed E-state index contributed by atoms with van der Waals surface area (Å²) in [5.41, 5.74) is 6.36. The van der Waals surface area contributed by atoms with Crippen LogP contribution in [0.2, 0.25) is 0 Å². The van der Waals surface area contributed by atoms with Crippen molar-refractivity contribution in [1.82, 2.24) is 5.32 Å². The third kappa shape index (κ3) is 3.25. The van der Waals surface area contributed by atoms with Gasteiger partial charge in [0.2, 0.25) is 5.91 Å². The maximum atomic E-state index is 12.2. The van der Waals surface area contributed by atoms with Crippen LogP contribution in [-0.2, 0) is 4.79 Å². The molecule has 2 fully saturated rings. The minimum absolute atomic E-state index is 0.166. The molecule has 1 atom stereocenters. The van der Waals surface area contributed by atoms with Gasteiger partial charge in [-0.15, -0.1) is 0 Å². The zero-order valence-electron chi connectivity index (χ0n) is 11.9. The number of carbonyl (C=O) groups excluding carboxylic acids is 1. The lowest BCUT2D eigenvalue weighted by molar-refractivity contribution is -0.123. The van der Waals surface area contributed by atoms with E-state index in [-0.39, 0.29) is 16.9 Å². The lowest BCUT2D eigenvalue weighted by Crippen LogP contribution is -2.49. The Kier molecular flexibility index (Phi) is 4.00. The van der Waals surface area contributed by atoms with Gasteiger partial charge in [0.15, 0.2) is 0 Å². The molecule has 0 heterocycles. The fraction of sp³-hybridized carbons (Fsp3) is 0.933. The molecule has 0 aliphatic heterocycles. The van der Waals surface area contributed by atoms with Crippen LogP contribution in [0.1, 0.15) is 71.6 Å². The quantitative estimate of drug-likeness (QED) is 0.811. The van der Waals surface area contributed by atoms with Crippen LogP contribution in [-0.4, -0.2) is 17.5 Å². The summed E-state index contributed by atoms with van der Waals surface area (Å²) in [5.74, 6) is 0.166. The van der Waals surface area contributed by atoms with Gasteiger partial charge in [0, 0.05) is 18.0 Å². The van der Waals surface area contributed by atoms with E-state index in [2.05, 4.69) is 19.2 Å². The van der Waals surface area contributed by atoms with Crippen molar-refractivity contribution in [3.05, 3.63) is 0 Å². The van der Waals surface area contributed by atoms with Crippen molar-refractivity contribution in [3.8, 4) is 0 Å². The average Bonchev–Trinajstić information content (AvgIpc) is 2.58. The van der Waals surface area contributed by atoms with Crippen molar-refractivity contribution in [2.45, 2.75) is 83.2 Å². The van der Waals surface area contributed by atoms with E-state index < -0.39 is 0 Å². The fourth-order valence-electron chi connectivity index (χ4n) is 3.59. The molecule has 2 saturated carbocycles. The van der Waals surface area contributed by atoms with Crippen LogP contribution in [0.4, 0.5) is 0 Å². The van der Waals surface area contributed by atoms with Gasteiger partial charge in [-0.05, 0) is 31.1 Å². The average molecular weight is 252 g/mol. The molecule has 2 aliphatic rings. The lowest BCUT2D eigenvalue weighted by Gasteiger charge is -2.34. The lowest BCUT2D eigenvalue weighted by atomic mass is 9.79. The summed E-state index contributed by atoms with van der Waals surface area (Å²) in [7, 11) is 0. The van der Waals surface area contributed by atoms with Gasteiger partial charge in [-0.2, -0.15) is 0 Å². The van der Waals surface area contributed by atoms with E-state index in [0.717, 1.165) is 19.3 Å². The Balaban J connectivity index is 1.85. The molecule has 0 aromatic carbocycles. The summed E-state index contributed by atoms with van der Waals surface area (Å²) in [4.78, 5) is 12.2. The highest BCUT2D eigenvalue weighted by Crippen LogP contribution is 2.37. The smallest absolute Gasteiger partial charge is 0.222 e. The van der Waals surface area contributed by atoms with Crippen molar-refractivity contribution < 1.29 is 4.79 Å². The number of rotatable bonds is 3. The van der Waals surface area contributed by atoms with Crippen molar-refractivity contribution in [2.75, 3.05) is 0 Å². The Labute approximate surface area is 111 Å². The van der Waals surface area contributed by atoms with Crippen molar-refractivity contribution in [1.29, 1.82) is 0 Å². The second-order valence-electron chi connectivity index (χ2n) is 7.10. The van der Waals surface area contributed by atoms with Crippen molar-refractivity contribution in [3.63, 3.8) is 0 Å². The summed E-state index contributed by atoms with van der Waals surface area (Å²) >= 11 is 0. The summed E-state index contributed by atoms with van der Waals surface area (Å²) in [6.07, 6.45) is 9.73. The number of hydrogen-bond acceptors (Lipinski definition) is 2. The number of hydrogen-bond donors (Lipinski definition) is 2. The molecular formula is C15H28N2O. The molecule has 1 unspecified atom stereocenters. The second kappa shape index (κ2) is 5.20. The van der Waals surface area contributed by atoms with E-state index in [1.54, 1.807) is 0 Å². The van der Waals surface area contributed by atoms with Gasteiger partial charge in [-0.1, -0.05) is 39.5 Å². The third-order valence-corrected chi connectivity index (χ3v) is 4.95. The summed E-state index contributed by atoms with van der Waals surface area (Å²) in [6, 6.07) is 0.345. The third-order valence-electron chi connectivity index (χ3n) is 4.95. The van der Waals surface area contributed by atoms with E-state index >= 15 is 0 Å². The molecule has 0 aromatic rings. The monoisotopic (exact) mass is 252 g/mol. The molecule has 104 valence electrons. The normalized spacial score (nSPS) is 30.1. The zero-order chi connectivity index (χ0) is 13.2. The van der Waals surface area contributed by atoms with Crippen LogP contribution >= 0.6 is 0 Å². The van der Waals surface area contributed by atoms with Gasteiger partial charge in [0.25, 0.3) is 0 Å². The molecule has 0 saturated heterocycles. The first-order valence-electron chi connectivity index (χ1n) is 7.50. The molecule has 2 rings (SSSR count). The Morgan fingerprint density at radius 3 is 2.39 bits per heavy atom. The van der Waals surface area contributed by atoms with Crippen LogP contribution in [0.5, 0.6) is 0 Å². The number of carbonyl (C=O) groups is 1. The number of nitrogens with one attached hydrogen (secondary N) is 1. The highest BCUT2D eigenvalue weighted by atomic mass is 16.1. The Bertz CT molecular complexity index is 306. The molecule has 0 bridgehead atoms. The summed E-state index contributed by atoms with van der Waals surface area (Å²) < 4.78 is 0. The molecule has 3 N–H and O–H groups in total. The second-order valence-corrected chi connectivity index (χ2v) is 7.10. The predicted molar refractivity (Wildman–Crippen MR) is 74.2 cm³/mol. The molecule has 0 spiro atoms. The first kappa shape index (κ1) is 13.9. The summed E-state index contributed by atoms with van der Waals surface area (Å²) in [6.45, 7) is 4.51. The zero-order valence-corrected chi connectivity index (χ0v) is 11.9. The Hall–Kier alpha value is -0.570. The van der Waals surface area contributed by atoms with Gasteiger partial charge >= 0.3 is 0 Å². The van der Waals surface area contributed by atoms with Gasteiger partial charge in [0.1, 0.15) is 0 Å². The minimum atomic E-state index is -0.231.